The summed E-state index contributed by atoms with van der Waals surface area (Å²) in [6, 6.07) is -0.301. The van der Waals surface area contributed by atoms with Gasteiger partial charge in [0.05, 0.1) is 10.7 Å². The number of nitrogens with zero attached hydrogens (tertiary/aromatic N) is 3. The van der Waals surface area contributed by atoms with E-state index in [1.165, 1.54) is 0 Å². The van der Waals surface area contributed by atoms with E-state index in [0.717, 1.165) is 17.3 Å². The van der Waals surface area contributed by atoms with E-state index in [9.17, 15) is 9.59 Å². The molecule has 0 aliphatic carbocycles. The fourth-order valence-corrected chi connectivity index (χ4v) is 2.92. The summed E-state index contributed by atoms with van der Waals surface area (Å²) in [6.07, 6.45) is 4.50. The summed E-state index contributed by atoms with van der Waals surface area (Å²) >= 11 is 3.34. The third kappa shape index (κ3) is 5.22. The third-order valence-corrected chi connectivity index (χ3v) is 4.26. The number of rotatable bonds is 3. The van der Waals surface area contributed by atoms with Crippen molar-refractivity contribution in [1.82, 2.24) is 20.0 Å². The van der Waals surface area contributed by atoms with Crippen molar-refractivity contribution >= 4 is 27.9 Å². The SMILES string of the molecule is CC(C(=O)N1CCC(NC(=O)OC(C)(C)C)CC1)n1cc(Br)cn1. The van der Waals surface area contributed by atoms with Gasteiger partial charge in [-0.15, -0.1) is 0 Å². The minimum Gasteiger partial charge on any atom is -0.444 e. The topological polar surface area (TPSA) is 76.5 Å². The monoisotopic (exact) mass is 400 g/mol. The van der Waals surface area contributed by atoms with Gasteiger partial charge in [0.2, 0.25) is 5.91 Å². The van der Waals surface area contributed by atoms with Crippen LogP contribution in [-0.2, 0) is 9.53 Å². The zero-order chi connectivity index (χ0) is 17.9. The van der Waals surface area contributed by atoms with Crippen molar-refractivity contribution in [3.05, 3.63) is 16.9 Å². The van der Waals surface area contributed by atoms with Gasteiger partial charge in [0.15, 0.2) is 0 Å². The van der Waals surface area contributed by atoms with E-state index in [4.69, 9.17) is 4.74 Å². The number of hydrogen-bond donors (Lipinski definition) is 1. The summed E-state index contributed by atoms with van der Waals surface area (Å²) < 4.78 is 7.77. The average Bonchev–Trinajstić information content (AvgIpc) is 2.91. The Balaban J connectivity index is 1.82. The van der Waals surface area contributed by atoms with Gasteiger partial charge in [-0.3, -0.25) is 9.48 Å². The van der Waals surface area contributed by atoms with Crippen molar-refractivity contribution in [2.24, 2.45) is 0 Å². The lowest BCUT2D eigenvalue weighted by molar-refractivity contribution is -0.135. The second kappa shape index (κ2) is 7.55. The number of carbonyl (C=O) groups excluding carboxylic acids is 2. The van der Waals surface area contributed by atoms with E-state index >= 15 is 0 Å². The highest BCUT2D eigenvalue weighted by Gasteiger charge is 2.28. The molecule has 0 spiro atoms. The number of amides is 2. The van der Waals surface area contributed by atoms with Gasteiger partial charge >= 0.3 is 6.09 Å². The molecule has 0 aromatic carbocycles. The Hall–Kier alpha value is -1.57. The number of alkyl carbamates (subject to hydrolysis) is 1. The van der Waals surface area contributed by atoms with Crippen LogP contribution in [0.2, 0.25) is 0 Å². The van der Waals surface area contributed by atoms with Gasteiger partial charge < -0.3 is 15.0 Å². The lowest BCUT2D eigenvalue weighted by Gasteiger charge is -2.34. The van der Waals surface area contributed by atoms with Crippen LogP contribution in [0.15, 0.2) is 16.9 Å². The van der Waals surface area contributed by atoms with Crippen molar-refractivity contribution in [3.8, 4) is 0 Å². The van der Waals surface area contributed by atoms with Gasteiger partial charge in [0.25, 0.3) is 0 Å². The standard InChI is InChI=1S/C16H25BrN4O3/c1-11(21-10-12(17)9-18-21)14(22)20-7-5-13(6-8-20)19-15(23)24-16(2,3)4/h9-11,13H,5-8H2,1-4H3,(H,19,23). The first-order valence-electron chi connectivity index (χ1n) is 8.13. The molecule has 1 N–H and O–H groups in total. The van der Waals surface area contributed by atoms with Crippen LogP contribution in [0.3, 0.4) is 0 Å². The second-order valence-corrected chi connectivity index (χ2v) is 7.98. The summed E-state index contributed by atoms with van der Waals surface area (Å²) in [7, 11) is 0. The van der Waals surface area contributed by atoms with E-state index in [1.54, 1.807) is 17.1 Å². The summed E-state index contributed by atoms with van der Waals surface area (Å²) in [5.74, 6) is 0.0429. The molecule has 1 aromatic rings. The van der Waals surface area contributed by atoms with Gasteiger partial charge in [-0.25, -0.2) is 4.79 Å². The number of ether oxygens (including phenoxy) is 1. The number of nitrogens with one attached hydrogen (secondary N) is 1. The Labute approximate surface area is 150 Å². The highest BCUT2D eigenvalue weighted by Crippen LogP contribution is 2.18. The van der Waals surface area contributed by atoms with Crippen LogP contribution in [0.25, 0.3) is 0 Å². The number of halogens is 1. The molecule has 8 heteroatoms. The molecule has 1 aliphatic heterocycles. The molecule has 2 heterocycles. The van der Waals surface area contributed by atoms with Gasteiger partial charge in [0.1, 0.15) is 11.6 Å². The Morgan fingerprint density at radius 2 is 2.00 bits per heavy atom. The average molecular weight is 401 g/mol. The number of carbonyl (C=O) groups is 2. The van der Waals surface area contributed by atoms with Gasteiger partial charge in [-0.1, -0.05) is 0 Å². The Bertz CT molecular complexity index is 588. The van der Waals surface area contributed by atoms with Crippen molar-refractivity contribution < 1.29 is 14.3 Å². The maximum Gasteiger partial charge on any atom is 0.407 e. The number of piperidine rings is 1. The highest BCUT2D eigenvalue weighted by molar-refractivity contribution is 9.10. The van der Waals surface area contributed by atoms with Crippen molar-refractivity contribution in [2.75, 3.05) is 13.1 Å². The summed E-state index contributed by atoms with van der Waals surface area (Å²) in [5.41, 5.74) is -0.506. The molecule has 24 heavy (non-hydrogen) atoms. The normalized spacial score (nSPS) is 17.5. The first kappa shape index (κ1) is 18.8. The zero-order valence-corrected chi connectivity index (χ0v) is 16.2. The Morgan fingerprint density at radius 3 is 2.50 bits per heavy atom. The van der Waals surface area contributed by atoms with E-state index in [-0.39, 0.29) is 18.0 Å². The van der Waals surface area contributed by atoms with E-state index in [2.05, 4.69) is 26.3 Å². The molecule has 1 atom stereocenters. The van der Waals surface area contributed by atoms with E-state index < -0.39 is 11.7 Å². The molecule has 134 valence electrons. The number of likely N-dealkylation sites (tertiary alicyclic amines) is 1. The molecular weight excluding hydrogens is 376 g/mol. The van der Waals surface area contributed by atoms with Crippen LogP contribution < -0.4 is 5.32 Å². The van der Waals surface area contributed by atoms with E-state index in [1.807, 2.05) is 32.6 Å². The lowest BCUT2D eigenvalue weighted by atomic mass is 10.0. The molecule has 1 aliphatic rings. The third-order valence-electron chi connectivity index (χ3n) is 3.85. The maximum atomic E-state index is 12.6. The summed E-state index contributed by atoms with van der Waals surface area (Å²) in [6.45, 7) is 8.58. The molecule has 1 fully saturated rings. The molecule has 1 aromatic heterocycles. The fourth-order valence-electron chi connectivity index (χ4n) is 2.62. The second-order valence-electron chi connectivity index (χ2n) is 7.06. The molecule has 1 unspecified atom stereocenters. The molecular formula is C16H25BrN4O3. The largest absolute Gasteiger partial charge is 0.444 e. The predicted octanol–water partition coefficient (Wildman–Crippen LogP) is 2.72. The summed E-state index contributed by atoms with van der Waals surface area (Å²) in [4.78, 5) is 26.2. The van der Waals surface area contributed by atoms with Crippen molar-refractivity contribution in [3.63, 3.8) is 0 Å². The van der Waals surface area contributed by atoms with Gasteiger partial charge in [-0.05, 0) is 56.5 Å². The van der Waals surface area contributed by atoms with Crippen molar-refractivity contribution in [1.29, 1.82) is 0 Å². The first-order valence-corrected chi connectivity index (χ1v) is 8.93. The first-order chi connectivity index (χ1) is 11.2. The maximum absolute atomic E-state index is 12.6. The quantitative estimate of drug-likeness (QED) is 0.845. The van der Waals surface area contributed by atoms with Gasteiger partial charge in [0, 0.05) is 25.3 Å². The molecule has 0 saturated carbocycles. The van der Waals surface area contributed by atoms with Crippen molar-refractivity contribution in [2.45, 2.75) is 58.2 Å². The lowest BCUT2D eigenvalue weighted by Crippen LogP contribution is -2.48. The van der Waals surface area contributed by atoms with Crippen LogP contribution in [0.5, 0.6) is 0 Å². The Morgan fingerprint density at radius 1 is 1.38 bits per heavy atom. The van der Waals surface area contributed by atoms with Crippen LogP contribution in [0.4, 0.5) is 4.79 Å². The minimum absolute atomic E-state index is 0.0399. The molecule has 2 amide bonds. The minimum atomic E-state index is -0.506. The van der Waals surface area contributed by atoms with E-state index in [0.29, 0.717) is 13.1 Å². The van der Waals surface area contributed by atoms with Crippen LogP contribution in [0, 0.1) is 0 Å². The van der Waals surface area contributed by atoms with Crippen LogP contribution in [0.1, 0.15) is 46.6 Å². The van der Waals surface area contributed by atoms with Gasteiger partial charge in [-0.2, -0.15) is 5.10 Å². The number of hydrogen-bond acceptors (Lipinski definition) is 4. The molecule has 1 saturated heterocycles. The smallest absolute Gasteiger partial charge is 0.407 e. The molecule has 0 bridgehead atoms. The zero-order valence-electron chi connectivity index (χ0n) is 14.6. The van der Waals surface area contributed by atoms with Crippen LogP contribution in [-0.4, -0.2) is 51.4 Å². The van der Waals surface area contributed by atoms with Crippen LogP contribution >= 0.6 is 15.9 Å². The molecule has 0 radical (unpaired) electrons. The Kier molecular flexibility index (Phi) is 5.90. The fraction of sp³-hybridized carbons (Fsp3) is 0.688. The summed E-state index contributed by atoms with van der Waals surface area (Å²) in [5, 5.41) is 7.04. The number of aromatic nitrogens is 2. The predicted molar refractivity (Wildman–Crippen MR) is 93.6 cm³/mol. The highest BCUT2D eigenvalue weighted by atomic mass is 79.9. The molecule has 7 nitrogen and oxygen atoms in total. The molecule has 2 rings (SSSR count).